The molecule has 110 valence electrons. The van der Waals surface area contributed by atoms with E-state index in [9.17, 15) is 8.42 Å². The first kappa shape index (κ1) is 14.7. The van der Waals surface area contributed by atoms with E-state index < -0.39 is 15.9 Å². The van der Waals surface area contributed by atoms with E-state index in [4.69, 9.17) is 10.3 Å². The molecule has 2 heterocycles. The van der Waals surface area contributed by atoms with Gasteiger partial charge in [-0.3, -0.25) is 0 Å². The molecular weight excluding hydrogens is 280 g/mol. The van der Waals surface area contributed by atoms with Crippen LogP contribution in [0.4, 0.5) is 0 Å². The number of sulfone groups is 1. The van der Waals surface area contributed by atoms with Gasteiger partial charge < -0.3 is 14.8 Å². The Kier molecular flexibility index (Phi) is 4.24. The highest BCUT2D eigenvalue weighted by Gasteiger charge is 2.20. The van der Waals surface area contributed by atoms with E-state index in [-0.39, 0.29) is 24.1 Å². The van der Waals surface area contributed by atoms with Crippen molar-refractivity contribution in [1.29, 1.82) is 0 Å². The van der Waals surface area contributed by atoms with Crippen molar-refractivity contribution in [3.05, 3.63) is 36.2 Å². The normalized spacial score (nSPS) is 15.2. The van der Waals surface area contributed by atoms with Crippen LogP contribution in [-0.2, 0) is 9.84 Å². The molecule has 8 heteroatoms. The Morgan fingerprint density at radius 2 is 2.05 bits per heavy atom. The summed E-state index contributed by atoms with van der Waals surface area (Å²) >= 11 is 0. The lowest BCUT2D eigenvalue weighted by molar-refractivity contribution is 0.345. The number of hydrogen-bond donors (Lipinski definition) is 1. The lowest BCUT2D eigenvalue weighted by Crippen LogP contribution is -2.16. The fourth-order valence-electron chi connectivity index (χ4n) is 1.77. The first-order valence-corrected chi connectivity index (χ1v) is 8.32. The number of aromatic nitrogens is 3. The molecule has 0 saturated carbocycles. The maximum Gasteiger partial charge on any atom is 0.243 e. The average molecular weight is 298 g/mol. The van der Waals surface area contributed by atoms with Crippen LogP contribution in [0.15, 0.2) is 29.0 Å². The highest BCUT2D eigenvalue weighted by Crippen LogP contribution is 2.18. The second-order valence-electron chi connectivity index (χ2n) is 4.82. The van der Waals surface area contributed by atoms with E-state index in [1.165, 1.54) is 6.26 Å². The van der Waals surface area contributed by atoms with Crippen LogP contribution in [0.3, 0.4) is 0 Å². The maximum atomic E-state index is 11.1. The minimum absolute atomic E-state index is 0.000958. The number of nitrogens with zero attached hydrogens (tertiary/aromatic N) is 3. The number of nitrogens with two attached hydrogens (primary N) is 1. The highest BCUT2D eigenvalue weighted by molar-refractivity contribution is 7.90. The van der Waals surface area contributed by atoms with Crippen molar-refractivity contribution in [3.8, 4) is 0 Å². The molecule has 0 amide bonds. The van der Waals surface area contributed by atoms with Crippen LogP contribution in [-0.4, -0.2) is 35.1 Å². The molecule has 0 unspecified atom stereocenters. The molecular formula is C12H18N4O3S. The summed E-state index contributed by atoms with van der Waals surface area (Å²) in [5.41, 5.74) is 5.87. The zero-order chi connectivity index (χ0) is 14.8. The van der Waals surface area contributed by atoms with Gasteiger partial charge in [0.1, 0.15) is 9.84 Å². The zero-order valence-electron chi connectivity index (χ0n) is 11.4. The molecule has 2 aromatic heterocycles. The minimum Gasteiger partial charge on any atom is -0.344 e. The van der Waals surface area contributed by atoms with Gasteiger partial charge in [0, 0.05) is 18.6 Å². The summed E-state index contributed by atoms with van der Waals surface area (Å²) < 4.78 is 29.3. The molecule has 0 aliphatic carbocycles. The third kappa shape index (κ3) is 3.67. The lowest BCUT2D eigenvalue weighted by Gasteiger charge is -2.08. The second-order valence-corrected chi connectivity index (χ2v) is 7.08. The Morgan fingerprint density at radius 1 is 1.40 bits per heavy atom. The van der Waals surface area contributed by atoms with Crippen LogP contribution in [0.25, 0.3) is 0 Å². The lowest BCUT2D eigenvalue weighted by atomic mass is 10.2. The molecule has 0 bridgehead atoms. The van der Waals surface area contributed by atoms with Crippen molar-refractivity contribution in [2.24, 2.45) is 5.73 Å². The van der Waals surface area contributed by atoms with Crippen molar-refractivity contribution in [2.45, 2.75) is 25.4 Å². The van der Waals surface area contributed by atoms with Crippen molar-refractivity contribution >= 4 is 9.84 Å². The van der Waals surface area contributed by atoms with Gasteiger partial charge in [-0.1, -0.05) is 5.16 Å². The molecule has 2 atom stereocenters. The van der Waals surface area contributed by atoms with E-state index in [1.54, 1.807) is 0 Å². The molecule has 0 saturated heterocycles. The van der Waals surface area contributed by atoms with Crippen molar-refractivity contribution in [1.82, 2.24) is 14.7 Å². The topological polar surface area (TPSA) is 104 Å². The first-order chi connectivity index (χ1) is 9.37. The molecule has 0 aliphatic heterocycles. The fourth-order valence-corrected chi connectivity index (χ4v) is 2.45. The van der Waals surface area contributed by atoms with Gasteiger partial charge in [-0.2, -0.15) is 4.98 Å². The Balaban J connectivity index is 2.05. The molecule has 20 heavy (non-hydrogen) atoms. The maximum absolute atomic E-state index is 11.1. The van der Waals surface area contributed by atoms with Gasteiger partial charge in [0.05, 0.1) is 17.8 Å². The largest absolute Gasteiger partial charge is 0.344 e. The Morgan fingerprint density at radius 3 is 2.65 bits per heavy atom. The van der Waals surface area contributed by atoms with Gasteiger partial charge in [0.25, 0.3) is 0 Å². The molecule has 0 aromatic carbocycles. The van der Waals surface area contributed by atoms with E-state index >= 15 is 0 Å². The van der Waals surface area contributed by atoms with Crippen LogP contribution in [0, 0.1) is 0 Å². The van der Waals surface area contributed by atoms with E-state index in [2.05, 4.69) is 10.1 Å². The molecule has 2 aromatic rings. The molecule has 0 aliphatic rings. The van der Waals surface area contributed by atoms with Crippen LogP contribution >= 0.6 is 0 Å². The summed E-state index contributed by atoms with van der Waals surface area (Å²) in [5, 5.41) is 3.90. The van der Waals surface area contributed by atoms with Gasteiger partial charge >= 0.3 is 0 Å². The summed E-state index contributed by atoms with van der Waals surface area (Å²) in [5.74, 6) is 0.785. The Bertz CT molecular complexity index is 648. The van der Waals surface area contributed by atoms with E-state index in [0.717, 1.165) is 0 Å². The minimum atomic E-state index is -3.05. The SMILES string of the molecule is C[C@H](c1noc([C@H](N)CCS(C)(=O)=O)n1)n1cccc1. The van der Waals surface area contributed by atoms with E-state index in [0.29, 0.717) is 5.82 Å². The van der Waals surface area contributed by atoms with Crippen molar-refractivity contribution < 1.29 is 12.9 Å². The van der Waals surface area contributed by atoms with Gasteiger partial charge in [0.2, 0.25) is 5.89 Å². The molecule has 0 fully saturated rings. The standard InChI is InChI=1S/C12H18N4O3S/c1-9(16-6-3-4-7-16)11-14-12(19-15-11)10(13)5-8-20(2,17)18/h3-4,6-7,9-10H,5,8,13H2,1-2H3/t9-,10-/m1/s1. The summed E-state index contributed by atoms with van der Waals surface area (Å²) in [6.07, 6.45) is 5.25. The Hall–Kier alpha value is -1.67. The van der Waals surface area contributed by atoms with Crippen LogP contribution in [0.2, 0.25) is 0 Å². The van der Waals surface area contributed by atoms with Gasteiger partial charge in [-0.05, 0) is 25.5 Å². The fraction of sp³-hybridized carbons (Fsp3) is 0.500. The quantitative estimate of drug-likeness (QED) is 0.850. The van der Waals surface area contributed by atoms with Crippen molar-refractivity contribution in [2.75, 3.05) is 12.0 Å². The monoisotopic (exact) mass is 298 g/mol. The average Bonchev–Trinajstić information content (AvgIpc) is 3.04. The van der Waals surface area contributed by atoms with Gasteiger partial charge in [0.15, 0.2) is 5.82 Å². The predicted octanol–water partition coefficient (Wildman–Crippen LogP) is 0.915. The summed E-state index contributed by atoms with van der Waals surface area (Å²) in [6, 6.07) is 3.19. The smallest absolute Gasteiger partial charge is 0.243 e. The second kappa shape index (κ2) is 5.76. The third-order valence-corrected chi connectivity index (χ3v) is 4.00. The predicted molar refractivity (Wildman–Crippen MR) is 73.8 cm³/mol. The molecule has 2 N–H and O–H groups in total. The van der Waals surface area contributed by atoms with Crippen LogP contribution < -0.4 is 5.73 Å². The summed E-state index contributed by atoms with van der Waals surface area (Å²) in [6.45, 7) is 1.94. The van der Waals surface area contributed by atoms with Crippen LogP contribution in [0.5, 0.6) is 0 Å². The molecule has 0 radical (unpaired) electrons. The number of hydrogen-bond acceptors (Lipinski definition) is 6. The van der Waals surface area contributed by atoms with Crippen molar-refractivity contribution in [3.63, 3.8) is 0 Å². The highest BCUT2D eigenvalue weighted by atomic mass is 32.2. The molecule has 7 nitrogen and oxygen atoms in total. The zero-order valence-corrected chi connectivity index (χ0v) is 12.2. The van der Waals surface area contributed by atoms with E-state index in [1.807, 2.05) is 36.0 Å². The first-order valence-electron chi connectivity index (χ1n) is 6.26. The van der Waals surface area contributed by atoms with Crippen LogP contribution in [0.1, 0.15) is 37.1 Å². The summed E-state index contributed by atoms with van der Waals surface area (Å²) in [7, 11) is -3.05. The molecule has 2 rings (SSSR count). The number of rotatable bonds is 6. The Labute approximate surface area is 117 Å². The van der Waals surface area contributed by atoms with Gasteiger partial charge in [-0.15, -0.1) is 0 Å². The van der Waals surface area contributed by atoms with Gasteiger partial charge in [-0.25, -0.2) is 8.42 Å². The molecule has 0 spiro atoms. The summed E-state index contributed by atoms with van der Waals surface area (Å²) in [4.78, 5) is 4.25. The third-order valence-electron chi connectivity index (χ3n) is 3.02.